The van der Waals surface area contributed by atoms with E-state index in [9.17, 15) is 4.55 Å². The fourth-order valence-corrected chi connectivity index (χ4v) is 3.25. The highest BCUT2D eigenvalue weighted by Gasteiger charge is 2.14. The van der Waals surface area contributed by atoms with Crippen LogP contribution >= 0.6 is 11.6 Å². The van der Waals surface area contributed by atoms with Crippen molar-refractivity contribution >= 4 is 22.8 Å². The summed E-state index contributed by atoms with van der Waals surface area (Å²) in [7, 11) is 0. The molecule has 0 aliphatic carbocycles. The Labute approximate surface area is 143 Å². The van der Waals surface area contributed by atoms with E-state index < -0.39 is 11.2 Å². The fourth-order valence-electron chi connectivity index (χ4n) is 2.49. The second-order valence-corrected chi connectivity index (χ2v) is 7.04. The van der Waals surface area contributed by atoms with Gasteiger partial charge in [0.05, 0.1) is 10.7 Å². The van der Waals surface area contributed by atoms with Gasteiger partial charge in [-0.25, -0.2) is 0 Å². The number of halogens is 1. The van der Waals surface area contributed by atoms with E-state index in [-0.39, 0.29) is 0 Å². The van der Waals surface area contributed by atoms with Crippen molar-refractivity contribution in [3.63, 3.8) is 0 Å². The molecule has 3 rings (SSSR count). The number of hydrogen-bond acceptors (Lipinski definition) is 3. The van der Waals surface area contributed by atoms with Gasteiger partial charge >= 0.3 is 0 Å². The molecule has 116 valence electrons. The second kappa shape index (κ2) is 6.71. The van der Waals surface area contributed by atoms with Crippen LogP contribution in [-0.2, 0) is 11.2 Å². The molecule has 0 saturated heterocycles. The first-order valence-electron chi connectivity index (χ1n) is 7.06. The molecule has 0 saturated carbocycles. The van der Waals surface area contributed by atoms with Crippen molar-refractivity contribution in [2.45, 2.75) is 11.8 Å². The third-order valence-corrected chi connectivity index (χ3v) is 4.73. The molecule has 0 spiro atoms. The largest absolute Gasteiger partial charge is 0.612 e. The van der Waals surface area contributed by atoms with Crippen molar-refractivity contribution in [1.29, 1.82) is 0 Å². The molecule has 0 aliphatic heterocycles. The van der Waals surface area contributed by atoms with E-state index in [2.05, 4.69) is 9.97 Å². The molecule has 2 heterocycles. The minimum atomic E-state index is -1.00. The topological polar surface area (TPSA) is 48.8 Å². The quantitative estimate of drug-likeness (QED) is 0.658. The first-order valence-corrected chi connectivity index (χ1v) is 9.00. The van der Waals surface area contributed by atoms with Crippen molar-refractivity contribution in [3.05, 3.63) is 65.6 Å². The van der Waals surface area contributed by atoms with Crippen LogP contribution in [0.5, 0.6) is 0 Å². The molecule has 1 unspecified atom stereocenters. The summed E-state index contributed by atoms with van der Waals surface area (Å²) >= 11 is 5.16. The average molecular weight is 343 g/mol. The van der Waals surface area contributed by atoms with E-state index in [4.69, 9.17) is 11.6 Å². The van der Waals surface area contributed by atoms with Gasteiger partial charge < -0.3 is 4.55 Å². The van der Waals surface area contributed by atoms with Gasteiger partial charge in [-0.1, -0.05) is 11.6 Å². The lowest BCUT2D eigenvalue weighted by Crippen LogP contribution is -1.99. The third kappa shape index (κ3) is 3.39. The monoisotopic (exact) mass is 342 g/mol. The zero-order valence-corrected chi connectivity index (χ0v) is 14.4. The molecule has 0 N–H and O–H groups in total. The van der Waals surface area contributed by atoms with Gasteiger partial charge in [-0.3, -0.25) is 9.97 Å². The summed E-state index contributed by atoms with van der Waals surface area (Å²) in [6.45, 7) is 2.00. The van der Waals surface area contributed by atoms with Gasteiger partial charge in [0.1, 0.15) is 6.26 Å². The predicted octanol–water partition coefficient (Wildman–Crippen LogP) is 4.51. The van der Waals surface area contributed by atoms with Crippen LogP contribution in [0.15, 0.2) is 59.9 Å². The Balaban J connectivity index is 2.18. The van der Waals surface area contributed by atoms with Crippen LogP contribution in [0.1, 0.15) is 5.56 Å². The first kappa shape index (κ1) is 16.0. The van der Waals surface area contributed by atoms with Crippen molar-refractivity contribution in [2.75, 3.05) is 6.26 Å². The summed E-state index contributed by atoms with van der Waals surface area (Å²) in [5.41, 5.74) is 4.76. The van der Waals surface area contributed by atoms with Gasteiger partial charge in [-0.05, 0) is 65.6 Å². The van der Waals surface area contributed by atoms with Crippen molar-refractivity contribution < 1.29 is 4.55 Å². The Hall–Kier alpha value is -1.88. The van der Waals surface area contributed by atoms with Gasteiger partial charge in [0.25, 0.3) is 0 Å². The van der Waals surface area contributed by atoms with E-state index in [1.165, 1.54) is 0 Å². The van der Waals surface area contributed by atoms with Gasteiger partial charge in [0.15, 0.2) is 4.90 Å². The molecule has 5 heteroatoms. The Kier molecular flexibility index (Phi) is 4.66. The molecule has 1 atom stereocenters. The van der Waals surface area contributed by atoms with E-state index >= 15 is 0 Å². The highest BCUT2D eigenvalue weighted by molar-refractivity contribution is 7.90. The lowest BCUT2D eigenvalue weighted by atomic mass is 9.97. The summed E-state index contributed by atoms with van der Waals surface area (Å²) in [5.74, 6) is 0. The molecule has 3 nitrogen and oxygen atoms in total. The zero-order valence-electron chi connectivity index (χ0n) is 12.8. The summed E-state index contributed by atoms with van der Waals surface area (Å²) in [5, 5.41) is 0.579. The highest BCUT2D eigenvalue weighted by atomic mass is 35.5. The molecule has 23 heavy (non-hydrogen) atoms. The maximum atomic E-state index is 11.7. The number of nitrogens with zero attached hydrogens (tertiary/aromatic N) is 2. The molecular weight excluding hydrogens is 328 g/mol. The fraction of sp³-hybridized carbons (Fsp3) is 0.111. The first-order chi connectivity index (χ1) is 11.1. The normalized spacial score (nSPS) is 12.2. The van der Waals surface area contributed by atoms with Crippen LogP contribution in [0.2, 0.25) is 5.02 Å². The Morgan fingerprint density at radius 3 is 2.57 bits per heavy atom. The molecule has 3 aromatic rings. The van der Waals surface area contributed by atoms with Crippen LogP contribution in [0.4, 0.5) is 0 Å². The third-order valence-electron chi connectivity index (χ3n) is 3.61. The maximum absolute atomic E-state index is 11.7. The SMILES string of the molecule is Cc1cc([S+](C)[O-])ccc1-c1cc(Cl)cnc1-c1cccnc1. The Morgan fingerprint density at radius 2 is 1.91 bits per heavy atom. The van der Waals surface area contributed by atoms with Crippen LogP contribution in [0, 0.1) is 6.92 Å². The molecule has 0 fully saturated rings. The van der Waals surface area contributed by atoms with E-state index in [0.717, 1.165) is 32.8 Å². The number of benzene rings is 1. The minimum absolute atomic E-state index is 0.579. The highest BCUT2D eigenvalue weighted by Crippen LogP contribution is 2.34. The lowest BCUT2D eigenvalue weighted by Gasteiger charge is -2.13. The minimum Gasteiger partial charge on any atom is -0.612 e. The molecule has 2 aromatic heterocycles. The van der Waals surface area contributed by atoms with Crippen molar-refractivity contribution in [2.24, 2.45) is 0 Å². The van der Waals surface area contributed by atoms with Gasteiger partial charge in [0, 0.05) is 29.7 Å². The van der Waals surface area contributed by atoms with Crippen LogP contribution in [0.25, 0.3) is 22.4 Å². The molecule has 0 aliphatic rings. The standard InChI is InChI=1S/C18H15ClN2OS/c1-12-8-15(23(2)22)5-6-16(12)17-9-14(19)11-21-18(17)13-4-3-7-20-10-13/h3-11H,1-2H3. The number of hydrogen-bond donors (Lipinski definition) is 0. The van der Waals surface area contributed by atoms with E-state index in [1.54, 1.807) is 24.8 Å². The molecular formula is C18H15ClN2OS. The molecule has 1 aromatic carbocycles. The number of aryl methyl sites for hydroxylation is 1. The molecule has 0 bridgehead atoms. The second-order valence-electron chi connectivity index (χ2n) is 5.22. The number of rotatable bonds is 3. The van der Waals surface area contributed by atoms with E-state index in [1.807, 2.05) is 43.3 Å². The Bertz CT molecular complexity index is 838. The van der Waals surface area contributed by atoms with Gasteiger partial charge in [-0.2, -0.15) is 0 Å². The number of aromatic nitrogens is 2. The van der Waals surface area contributed by atoms with Crippen LogP contribution < -0.4 is 0 Å². The molecule has 0 amide bonds. The van der Waals surface area contributed by atoms with Crippen molar-refractivity contribution in [3.8, 4) is 22.4 Å². The summed E-state index contributed by atoms with van der Waals surface area (Å²) in [6.07, 6.45) is 6.83. The van der Waals surface area contributed by atoms with Gasteiger partial charge in [0.2, 0.25) is 0 Å². The predicted molar refractivity (Wildman–Crippen MR) is 95.0 cm³/mol. The Morgan fingerprint density at radius 1 is 1.09 bits per heavy atom. The molecule has 0 radical (unpaired) electrons. The average Bonchev–Trinajstić information content (AvgIpc) is 2.55. The summed E-state index contributed by atoms with van der Waals surface area (Å²) < 4.78 is 11.7. The van der Waals surface area contributed by atoms with E-state index in [0.29, 0.717) is 5.02 Å². The maximum Gasteiger partial charge on any atom is 0.152 e. The van der Waals surface area contributed by atoms with Crippen LogP contribution in [0.3, 0.4) is 0 Å². The number of pyridine rings is 2. The zero-order chi connectivity index (χ0) is 16.4. The lowest BCUT2D eigenvalue weighted by molar-refractivity contribution is 0.601. The summed E-state index contributed by atoms with van der Waals surface area (Å²) in [6, 6.07) is 11.6. The van der Waals surface area contributed by atoms with Crippen molar-refractivity contribution in [1.82, 2.24) is 9.97 Å². The smallest absolute Gasteiger partial charge is 0.152 e. The summed E-state index contributed by atoms with van der Waals surface area (Å²) in [4.78, 5) is 9.47. The van der Waals surface area contributed by atoms with Gasteiger partial charge in [-0.15, -0.1) is 0 Å². The van der Waals surface area contributed by atoms with Crippen LogP contribution in [-0.4, -0.2) is 20.8 Å².